The molecule has 0 amide bonds. The molecule has 17 heavy (non-hydrogen) atoms. The van der Waals surface area contributed by atoms with Crippen molar-refractivity contribution in [3.8, 4) is 0 Å². The first-order valence-electron chi connectivity index (χ1n) is 5.93. The first-order valence-corrected chi connectivity index (χ1v) is 6.30. The lowest BCUT2D eigenvalue weighted by Crippen LogP contribution is -2.34. The topological polar surface area (TPSA) is 60.3 Å². The van der Waals surface area contributed by atoms with Crippen LogP contribution in [0.3, 0.4) is 0 Å². The van der Waals surface area contributed by atoms with E-state index in [-0.39, 0.29) is 11.3 Å². The molecule has 1 saturated carbocycles. The van der Waals surface area contributed by atoms with Crippen LogP contribution < -0.4 is 0 Å². The van der Waals surface area contributed by atoms with Crippen molar-refractivity contribution in [2.45, 2.75) is 50.1 Å². The molecule has 5 nitrogen and oxygen atoms in total. The van der Waals surface area contributed by atoms with Gasteiger partial charge in [-0.05, 0) is 12.8 Å². The Kier molecular flexibility index (Phi) is 4.25. The highest BCUT2D eigenvalue weighted by Gasteiger charge is 2.49. The van der Waals surface area contributed by atoms with Crippen molar-refractivity contribution in [3.05, 3.63) is 0 Å². The van der Waals surface area contributed by atoms with Crippen molar-refractivity contribution >= 4 is 16.8 Å². The van der Waals surface area contributed by atoms with Crippen LogP contribution in [-0.2, 0) is 14.2 Å². The quantitative estimate of drug-likeness (QED) is 0.481. The van der Waals surface area contributed by atoms with Crippen LogP contribution in [0.25, 0.3) is 0 Å². The highest BCUT2D eigenvalue weighted by molar-refractivity contribution is 6.66. The van der Waals surface area contributed by atoms with Crippen LogP contribution >= 0.6 is 11.6 Å². The average Bonchev–Trinajstić information content (AvgIpc) is 2.68. The maximum absolute atomic E-state index is 8.75. The number of oxime groups is 1. The van der Waals surface area contributed by atoms with Crippen molar-refractivity contribution in [2.24, 2.45) is 5.16 Å². The van der Waals surface area contributed by atoms with Crippen LogP contribution in [0.2, 0.25) is 0 Å². The molecule has 1 saturated heterocycles. The van der Waals surface area contributed by atoms with Gasteiger partial charge in [-0.3, -0.25) is 0 Å². The molecule has 2 atom stereocenters. The van der Waals surface area contributed by atoms with Crippen molar-refractivity contribution in [1.29, 1.82) is 0 Å². The predicted octanol–water partition coefficient (Wildman–Crippen LogP) is 2.10. The summed E-state index contributed by atoms with van der Waals surface area (Å²) in [6, 6.07) is 0. The van der Waals surface area contributed by atoms with Crippen molar-refractivity contribution in [1.82, 2.24) is 0 Å². The van der Waals surface area contributed by atoms with Crippen LogP contribution in [0, 0.1) is 0 Å². The summed E-state index contributed by atoms with van der Waals surface area (Å²) in [5.41, 5.74) is 0. The van der Waals surface area contributed by atoms with Crippen LogP contribution in [0.15, 0.2) is 5.16 Å². The normalized spacial score (nSPS) is 33.2. The maximum atomic E-state index is 8.75. The Morgan fingerprint density at radius 1 is 1.41 bits per heavy atom. The van der Waals surface area contributed by atoms with Crippen LogP contribution in [-0.4, -0.2) is 42.1 Å². The lowest BCUT2D eigenvalue weighted by atomic mass is 9.94. The Morgan fingerprint density at radius 3 is 2.71 bits per heavy atom. The van der Waals surface area contributed by atoms with Gasteiger partial charge in [0.2, 0.25) is 0 Å². The molecule has 0 bridgehead atoms. The van der Waals surface area contributed by atoms with Gasteiger partial charge in [-0.15, -0.1) is 0 Å². The molecule has 0 aromatic rings. The van der Waals surface area contributed by atoms with E-state index in [1.807, 2.05) is 0 Å². The zero-order valence-electron chi connectivity index (χ0n) is 9.89. The summed E-state index contributed by atoms with van der Waals surface area (Å²) in [5, 5.41) is 11.8. The third-order valence-electron chi connectivity index (χ3n) is 3.32. The second kappa shape index (κ2) is 5.52. The minimum atomic E-state index is -0.559. The lowest BCUT2D eigenvalue weighted by Gasteiger charge is -2.31. The molecule has 0 radical (unpaired) electrons. The van der Waals surface area contributed by atoms with E-state index in [4.69, 9.17) is 31.0 Å². The highest BCUT2D eigenvalue weighted by atomic mass is 35.5. The van der Waals surface area contributed by atoms with Gasteiger partial charge in [0.25, 0.3) is 0 Å². The van der Waals surface area contributed by atoms with Crippen molar-refractivity contribution < 1.29 is 19.4 Å². The third kappa shape index (κ3) is 2.73. The zero-order chi connectivity index (χ0) is 12.3. The number of hydrogen-bond acceptors (Lipinski definition) is 5. The summed E-state index contributed by atoms with van der Waals surface area (Å²) in [4.78, 5) is 0. The van der Waals surface area contributed by atoms with Crippen LogP contribution in [0.5, 0.6) is 0 Å². The number of halogens is 1. The van der Waals surface area contributed by atoms with Gasteiger partial charge in [0.15, 0.2) is 11.0 Å². The molecule has 2 fully saturated rings. The number of ether oxygens (including phenoxy) is 3. The summed E-state index contributed by atoms with van der Waals surface area (Å²) in [6.45, 7) is 0.373. The first kappa shape index (κ1) is 13.1. The van der Waals surface area contributed by atoms with E-state index in [0.717, 1.165) is 25.7 Å². The van der Waals surface area contributed by atoms with Gasteiger partial charge in [-0.25, -0.2) is 0 Å². The molecule has 2 aliphatic rings. The second-order valence-corrected chi connectivity index (χ2v) is 4.93. The zero-order valence-corrected chi connectivity index (χ0v) is 10.7. The molecule has 0 aromatic heterocycles. The molecule has 98 valence electrons. The van der Waals surface area contributed by atoms with E-state index in [2.05, 4.69) is 5.16 Å². The van der Waals surface area contributed by atoms with Gasteiger partial charge >= 0.3 is 0 Å². The summed E-state index contributed by atoms with van der Waals surface area (Å²) < 4.78 is 16.9. The third-order valence-corrected chi connectivity index (χ3v) is 3.61. The second-order valence-electron chi connectivity index (χ2n) is 4.54. The number of nitrogens with zero attached hydrogens (tertiary/aromatic N) is 1. The molecule has 0 aromatic carbocycles. The summed E-state index contributed by atoms with van der Waals surface area (Å²) in [6.07, 6.45) is 4.26. The number of rotatable bonds is 3. The molecule has 1 heterocycles. The SMILES string of the molecule is COCC1OC2(CCCCC2)OC1C(Cl)=NO. The first-order chi connectivity index (χ1) is 8.21. The van der Waals surface area contributed by atoms with E-state index in [1.165, 1.54) is 6.42 Å². The lowest BCUT2D eigenvalue weighted by molar-refractivity contribution is -0.193. The molecule has 1 aliphatic heterocycles. The minimum Gasteiger partial charge on any atom is -0.410 e. The predicted molar refractivity (Wildman–Crippen MR) is 62.5 cm³/mol. The molecular formula is C11H18ClNO4. The fourth-order valence-electron chi connectivity index (χ4n) is 2.54. The molecule has 1 N–H and O–H groups in total. The van der Waals surface area contributed by atoms with Gasteiger partial charge < -0.3 is 19.4 Å². The van der Waals surface area contributed by atoms with Gasteiger partial charge in [-0.1, -0.05) is 23.2 Å². The summed E-state index contributed by atoms with van der Waals surface area (Å²) in [5.74, 6) is -0.559. The molecular weight excluding hydrogens is 246 g/mol. The Bertz CT molecular complexity index is 291. The highest BCUT2D eigenvalue weighted by Crippen LogP contribution is 2.41. The van der Waals surface area contributed by atoms with Crippen LogP contribution in [0.1, 0.15) is 32.1 Å². The summed E-state index contributed by atoms with van der Waals surface area (Å²) >= 11 is 5.84. The van der Waals surface area contributed by atoms with E-state index >= 15 is 0 Å². The Hall–Kier alpha value is -0.360. The van der Waals surface area contributed by atoms with Gasteiger partial charge in [0.1, 0.15) is 12.2 Å². The van der Waals surface area contributed by atoms with E-state index in [1.54, 1.807) is 7.11 Å². The fourth-order valence-corrected chi connectivity index (χ4v) is 2.73. The van der Waals surface area contributed by atoms with Crippen molar-refractivity contribution in [2.75, 3.05) is 13.7 Å². The Labute approximate surface area is 106 Å². The van der Waals surface area contributed by atoms with Gasteiger partial charge in [-0.2, -0.15) is 0 Å². The fraction of sp³-hybridized carbons (Fsp3) is 0.909. The van der Waals surface area contributed by atoms with E-state index in [9.17, 15) is 0 Å². The Balaban J connectivity index is 2.10. The smallest absolute Gasteiger partial charge is 0.176 e. The molecule has 6 heteroatoms. The van der Waals surface area contributed by atoms with Gasteiger partial charge in [0, 0.05) is 20.0 Å². The van der Waals surface area contributed by atoms with Crippen LogP contribution in [0.4, 0.5) is 0 Å². The number of hydrogen-bond donors (Lipinski definition) is 1. The average molecular weight is 264 g/mol. The Morgan fingerprint density at radius 2 is 2.12 bits per heavy atom. The van der Waals surface area contributed by atoms with E-state index < -0.39 is 11.9 Å². The number of methoxy groups -OCH3 is 1. The summed E-state index contributed by atoms with van der Waals surface area (Å²) in [7, 11) is 1.59. The maximum Gasteiger partial charge on any atom is 0.176 e. The molecule has 1 spiro atoms. The monoisotopic (exact) mass is 263 g/mol. The van der Waals surface area contributed by atoms with Crippen molar-refractivity contribution in [3.63, 3.8) is 0 Å². The van der Waals surface area contributed by atoms with E-state index in [0.29, 0.717) is 6.61 Å². The molecule has 2 unspecified atom stereocenters. The standard InChI is InChI=1S/C11H18ClNO4/c1-15-7-8-9(10(12)13-14)17-11(16-8)5-3-2-4-6-11/h8-9,14H,2-7H2,1H3. The molecule has 2 rings (SSSR count). The minimum absolute atomic E-state index is 0.0227. The molecule has 1 aliphatic carbocycles. The van der Waals surface area contributed by atoms with Gasteiger partial charge in [0.05, 0.1) is 6.61 Å². The largest absolute Gasteiger partial charge is 0.410 e.